The van der Waals surface area contributed by atoms with Gasteiger partial charge in [0.2, 0.25) is 0 Å². The van der Waals surface area contributed by atoms with Gasteiger partial charge in [-0.1, -0.05) is 0 Å². The molecule has 4 N–H and O–H groups in total. The van der Waals surface area contributed by atoms with Gasteiger partial charge in [-0.2, -0.15) is 0 Å². The van der Waals surface area contributed by atoms with E-state index in [4.69, 9.17) is 10.2 Å². The molecule has 15 heavy (non-hydrogen) atoms. The largest absolute Gasteiger partial charge is 0.506 e. The summed E-state index contributed by atoms with van der Waals surface area (Å²) in [4.78, 5) is 3.89. The number of aliphatic hydroxyl groups excluding tert-OH is 3. The number of hydrogen-bond acceptors (Lipinski definition) is 5. The second kappa shape index (κ2) is 5.06. The van der Waals surface area contributed by atoms with Crippen molar-refractivity contribution in [3.05, 3.63) is 23.0 Å². The maximum absolute atomic E-state index is 9.63. The summed E-state index contributed by atoms with van der Waals surface area (Å²) in [5.41, 5.74) is 1.03. The fourth-order valence-electron chi connectivity index (χ4n) is 1.39. The van der Waals surface area contributed by atoms with E-state index >= 15 is 0 Å². The van der Waals surface area contributed by atoms with Gasteiger partial charge in [-0.15, -0.1) is 0 Å². The second-order valence-electron chi connectivity index (χ2n) is 3.31. The lowest BCUT2D eigenvalue weighted by Crippen LogP contribution is -2.06. The van der Waals surface area contributed by atoms with E-state index in [1.54, 1.807) is 6.92 Å². The van der Waals surface area contributed by atoms with Crippen molar-refractivity contribution in [1.82, 2.24) is 4.98 Å². The van der Waals surface area contributed by atoms with Crippen molar-refractivity contribution >= 4 is 0 Å². The van der Waals surface area contributed by atoms with E-state index in [1.165, 1.54) is 6.20 Å². The fraction of sp³-hybridized carbons (Fsp3) is 0.500. The van der Waals surface area contributed by atoms with Crippen LogP contribution in [0.25, 0.3) is 0 Å². The van der Waals surface area contributed by atoms with Crippen molar-refractivity contribution in [2.24, 2.45) is 0 Å². The van der Waals surface area contributed by atoms with Crippen molar-refractivity contribution in [2.45, 2.75) is 26.1 Å². The number of aromatic hydroxyl groups is 1. The standard InChI is InChI=1S/C10H15NO4/c1-6-10(15)8(5-13)7(4-11-6)9(14)2-3-12/h4,9,12-15H,2-3,5H2,1H3. The van der Waals surface area contributed by atoms with Crippen molar-refractivity contribution in [3.8, 4) is 5.75 Å². The van der Waals surface area contributed by atoms with Crippen LogP contribution in [-0.4, -0.2) is 32.0 Å². The molecule has 1 unspecified atom stereocenters. The molecule has 0 aliphatic heterocycles. The molecular formula is C10H15NO4. The molecule has 5 heteroatoms. The lowest BCUT2D eigenvalue weighted by atomic mass is 10.0. The minimum absolute atomic E-state index is 0.105. The predicted molar refractivity (Wildman–Crippen MR) is 53.2 cm³/mol. The van der Waals surface area contributed by atoms with Crippen LogP contribution in [0.4, 0.5) is 0 Å². The number of aliphatic hydroxyl groups is 3. The molecule has 1 aromatic heterocycles. The third kappa shape index (κ3) is 2.44. The maximum Gasteiger partial charge on any atom is 0.142 e. The Bertz CT molecular complexity index is 340. The summed E-state index contributed by atoms with van der Waals surface area (Å²) in [6, 6.07) is 0. The Hall–Kier alpha value is -1.17. The molecule has 0 fully saturated rings. The van der Waals surface area contributed by atoms with Gasteiger partial charge in [0.15, 0.2) is 0 Å². The van der Waals surface area contributed by atoms with Gasteiger partial charge in [0.25, 0.3) is 0 Å². The molecule has 0 amide bonds. The molecule has 0 spiro atoms. The number of nitrogens with zero attached hydrogens (tertiary/aromatic N) is 1. The first-order valence-electron chi connectivity index (χ1n) is 4.69. The maximum atomic E-state index is 9.63. The smallest absolute Gasteiger partial charge is 0.142 e. The average Bonchev–Trinajstić information content (AvgIpc) is 2.22. The van der Waals surface area contributed by atoms with E-state index in [0.717, 1.165) is 0 Å². The van der Waals surface area contributed by atoms with Gasteiger partial charge in [0.1, 0.15) is 5.75 Å². The van der Waals surface area contributed by atoms with Crippen molar-refractivity contribution in [2.75, 3.05) is 6.61 Å². The van der Waals surface area contributed by atoms with Gasteiger partial charge in [-0.25, -0.2) is 0 Å². The number of pyridine rings is 1. The predicted octanol–water partition coefficient (Wildman–Crippen LogP) is 0.00372. The molecular weight excluding hydrogens is 198 g/mol. The topological polar surface area (TPSA) is 93.8 Å². The van der Waals surface area contributed by atoms with Crippen LogP contribution in [-0.2, 0) is 6.61 Å². The summed E-state index contributed by atoms with van der Waals surface area (Å²) >= 11 is 0. The number of hydrogen-bond donors (Lipinski definition) is 4. The summed E-state index contributed by atoms with van der Waals surface area (Å²) in [7, 11) is 0. The molecule has 1 heterocycles. The third-order valence-electron chi connectivity index (χ3n) is 2.29. The summed E-state index contributed by atoms with van der Waals surface area (Å²) in [5, 5.41) is 37.0. The van der Waals surface area contributed by atoms with Gasteiger partial charge in [-0.3, -0.25) is 4.98 Å². The molecule has 0 saturated heterocycles. The molecule has 1 atom stereocenters. The number of aryl methyl sites for hydroxylation is 1. The zero-order valence-electron chi connectivity index (χ0n) is 8.51. The molecule has 1 rings (SSSR count). The molecule has 0 bridgehead atoms. The van der Waals surface area contributed by atoms with Crippen molar-refractivity contribution < 1.29 is 20.4 Å². The number of rotatable bonds is 4. The first-order chi connectivity index (χ1) is 7.11. The van der Waals surface area contributed by atoms with Crippen LogP contribution in [0.5, 0.6) is 5.75 Å². The lowest BCUT2D eigenvalue weighted by Gasteiger charge is -2.15. The fourth-order valence-corrected chi connectivity index (χ4v) is 1.39. The van der Waals surface area contributed by atoms with Gasteiger partial charge >= 0.3 is 0 Å². The monoisotopic (exact) mass is 213 g/mol. The number of aromatic nitrogens is 1. The molecule has 0 aromatic carbocycles. The summed E-state index contributed by atoms with van der Waals surface area (Å²) in [6.07, 6.45) is 0.633. The summed E-state index contributed by atoms with van der Waals surface area (Å²) < 4.78 is 0. The highest BCUT2D eigenvalue weighted by Gasteiger charge is 2.16. The molecule has 0 aliphatic rings. The minimum Gasteiger partial charge on any atom is -0.506 e. The van der Waals surface area contributed by atoms with E-state index in [1.807, 2.05) is 0 Å². The van der Waals surface area contributed by atoms with Crippen LogP contribution in [0.15, 0.2) is 6.20 Å². The normalized spacial score (nSPS) is 12.8. The Morgan fingerprint density at radius 3 is 2.60 bits per heavy atom. The van der Waals surface area contributed by atoms with Gasteiger partial charge in [0.05, 0.1) is 18.4 Å². The van der Waals surface area contributed by atoms with E-state index in [2.05, 4.69) is 4.98 Å². The van der Waals surface area contributed by atoms with Crippen LogP contribution < -0.4 is 0 Å². The molecule has 0 aliphatic carbocycles. The van der Waals surface area contributed by atoms with Gasteiger partial charge in [0, 0.05) is 30.4 Å². The van der Waals surface area contributed by atoms with Crippen LogP contribution in [0.2, 0.25) is 0 Å². The minimum atomic E-state index is -0.920. The van der Waals surface area contributed by atoms with Crippen molar-refractivity contribution in [3.63, 3.8) is 0 Å². The van der Waals surface area contributed by atoms with E-state index in [0.29, 0.717) is 11.3 Å². The van der Waals surface area contributed by atoms with E-state index < -0.39 is 6.10 Å². The SMILES string of the molecule is Cc1ncc(C(O)CCO)c(CO)c1O. The molecule has 0 saturated carbocycles. The average molecular weight is 213 g/mol. The first-order valence-corrected chi connectivity index (χ1v) is 4.69. The van der Waals surface area contributed by atoms with Crippen molar-refractivity contribution in [1.29, 1.82) is 0 Å². The Labute approximate surface area is 87.7 Å². The third-order valence-corrected chi connectivity index (χ3v) is 2.29. The van der Waals surface area contributed by atoms with Crippen LogP contribution in [0.1, 0.15) is 29.3 Å². The zero-order chi connectivity index (χ0) is 11.4. The highest BCUT2D eigenvalue weighted by atomic mass is 16.3. The van der Waals surface area contributed by atoms with Gasteiger partial charge < -0.3 is 20.4 Å². The first kappa shape index (κ1) is 11.9. The van der Waals surface area contributed by atoms with Crippen LogP contribution in [0.3, 0.4) is 0 Å². The quantitative estimate of drug-likeness (QED) is 0.565. The molecule has 1 aromatic rings. The Morgan fingerprint density at radius 1 is 1.40 bits per heavy atom. The lowest BCUT2D eigenvalue weighted by molar-refractivity contribution is 0.130. The highest BCUT2D eigenvalue weighted by molar-refractivity contribution is 5.41. The molecule has 84 valence electrons. The Morgan fingerprint density at radius 2 is 2.07 bits per heavy atom. The molecule has 5 nitrogen and oxygen atoms in total. The van der Waals surface area contributed by atoms with Crippen LogP contribution in [0, 0.1) is 6.92 Å². The summed E-state index contributed by atoms with van der Waals surface area (Å²) in [6.45, 7) is 1.07. The zero-order valence-corrected chi connectivity index (χ0v) is 8.51. The highest BCUT2D eigenvalue weighted by Crippen LogP contribution is 2.28. The second-order valence-corrected chi connectivity index (χ2v) is 3.31. The van der Waals surface area contributed by atoms with Crippen LogP contribution >= 0.6 is 0 Å². The molecule has 0 radical (unpaired) electrons. The van der Waals surface area contributed by atoms with E-state index in [9.17, 15) is 10.2 Å². The van der Waals surface area contributed by atoms with E-state index in [-0.39, 0.29) is 30.9 Å². The van der Waals surface area contributed by atoms with Gasteiger partial charge in [-0.05, 0) is 6.92 Å². The Balaban J connectivity index is 3.12. The summed E-state index contributed by atoms with van der Waals surface area (Å²) in [5.74, 6) is -0.105. The Kier molecular flexibility index (Phi) is 4.02.